The SMILES string of the molecule is COCc1nc(C2CCCCC2)n[nH]1. The molecule has 1 aliphatic carbocycles. The highest BCUT2D eigenvalue weighted by Gasteiger charge is 2.19. The maximum absolute atomic E-state index is 4.99. The molecule has 14 heavy (non-hydrogen) atoms. The normalized spacial score (nSPS) is 18.6. The number of hydrogen-bond donors (Lipinski definition) is 1. The van der Waals surface area contributed by atoms with Gasteiger partial charge in [0.25, 0.3) is 0 Å². The Hall–Kier alpha value is -0.900. The number of aromatic nitrogens is 3. The molecular formula is C10H17N3O. The van der Waals surface area contributed by atoms with Crippen LogP contribution < -0.4 is 0 Å². The average molecular weight is 195 g/mol. The van der Waals surface area contributed by atoms with E-state index in [-0.39, 0.29) is 0 Å². The molecular weight excluding hydrogens is 178 g/mol. The van der Waals surface area contributed by atoms with Crippen LogP contribution in [0.15, 0.2) is 0 Å². The molecule has 78 valence electrons. The van der Waals surface area contributed by atoms with Gasteiger partial charge >= 0.3 is 0 Å². The van der Waals surface area contributed by atoms with Gasteiger partial charge in [0.2, 0.25) is 0 Å². The monoisotopic (exact) mass is 195 g/mol. The Kier molecular flexibility index (Phi) is 3.14. The van der Waals surface area contributed by atoms with E-state index in [4.69, 9.17) is 4.74 Å². The molecule has 1 fully saturated rings. The van der Waals surface area contributed by atoms with Crippen molar-refractivity contribution >= 4 is 0 Å². The Balaban J connectivity index is 2.00. The van der Waals surface area contributed by atoms with Crippen LogP contribution in [0.4, 0.5) is 0 Å². The molecule has 0 atom stereocenters. The lowest BCUT2D eigenvalue weighted by Gasteiger charge is -2.17. The van der Waals surface area contributed by atoms with Crippen LogP contribution in [-0.4, -0.2) is 22.3 Å². The number of hydrogen-bond acceptors (Lipinski definition) is 3. The summed E-state index contributed by atoms with van der Waals surface area (Å²) in [5.74, 6) is 2.40. The lowest BCUT2D eigenvalue weighted by atomic mass is 9.89. The molecule has 0 aliphatic heterocycles. The first-order valence-electron chi connectivity index (χ1n) is 5.30. The van der Waals surface area contributed by atoms with Gasteiger partial charge in [0.1, 0.15) is 6.61 Å². The van der Waals surface area contributed by atoms with Crippen molar-refractivity contribution in [1.82, 2.24) is 15.2 Å². The highest BCUT2D eigenvalue weighted by molar-refractivity contribution is 4.98. The number of H-pyrrole nitrogens is 1. The molecule has 1 heterocycles. The predicted molar refractivity (Wildman–Crippen MR) is 52.9 cm³/mol. The third kappa shape index (κ3) is 2.12. The average Bonchev–Trinajstić information content (AvgIpc) is 2.68. The van der Waals surface area contributed by atoms with Gasteiger partial charge in [-0.15, -0.1) is 0 Å². The number of nitrogens with zero attached hydrogens (tertiary/aromatic N) is 2. The maximum Gasteiger partial charge on any atom is 0.153 e. The van der Waals surface area contributed by atoms with Gasteiger partial charge in [-0.2, -0.15) is 5.10 Å². The molecule has 0 unspecified atom stereocenters. The van der Waals surface area contributed by atoms with Crippen LogP contribution in [-0.2, 0) is 11.3 Å². The first kappa shape index (κ1) is 9.65. The Morgan fingerprint density at radius 2 is 2.14 bits per heavy atom. The van der Waals surface area contributed by atoms with Crippen molar-refractivity contribution in [3.8, 4) is 0 Å². The fourth-order valence-corrected chi connectivity index (χ4v) is 2.05. The van der Waals surface area contributed by atoms with Crippen LogP contribution in [0.2, 0.25) is 0 Å². The molecule has 1 aromatic rings. The summed E-state index contributed by atoms with van der Waals surface area (Å²) in [6.07, 6.45) is 6.48. The first-order chi connectivity index (χ1) is 6.90. The Morgan fingerprint density at radius 1 is 1.36 bits per heavy atom. The lowest BCUT2D eigenvalue weighted by molar-refractivity contribution is 0.178. The van der Waals surface area contributed by atoms with E-state index in [2.05, 4.69) is 15.2 Å². The second kappa shape index (κ2) is 4.55. The van der Waals surface area contributed by atoms with Crippen LogP contribution in [0.5, 0.6) is 0 Å². The van der Waals surface area contributed by atoms with Crippen molar-refractivity contribution in [2.24, 2.45) is 0 Å². The minimum Gasteiger partial charge on any atom is -0.377 e. The molecule has 0 spiro atoms. The quantitative estimate of drug-likeness (QED) is 0.802. The zero-order valence-electron chi connectivity index (χ0n) is 8.62. The molecule has 4 heteroatoms. The third-order valence-electron chi connectivity index (χ3n) is 2.80. The van der Waals surface area contributed by atoms with E-state index in [1.54, 1.807) is 7.11 Å². The number of rotatable bonds is 3. The zero-order chi connectivity index (χ0) is 9.80. The van der Waals surface area contributed by atoms with Gasteiger partial charge in [-0.3, -0.25) is 5.10 Å². The highest BCUT2D eigenvalue weighted by Crippen LogP contribution is 2.30. The minimum absolute atomic E-state index is 0.528. The predicted octanol–water partition coefficient (Wildman–Crippen LogP) is 2.00. The van der Waals surface area contributed by atoms with Gasteiger partial charge in [0.05, 0.1) is 0 Å². The summed E-state index contributed by atoms with van der Waals surface area (Å²) in [5, 5.41) is 7.16. The highest BCUT2D eigenvalue weighted by atomic mass is 16.5. The van der Waals surface area contributed by atoms with E-state index < -0.39 is 0 Å². The van der Waals surface area contributed by atoms with Gasteiger partial charge in [-0.05, 0) is 12.8 Å². The van der Waals surface area contributed by atoms with Crippen molar-refractivity contribution in [3.05, 3.63) is 11.6 Å². The van der Waals surface area contributed by atoms with E-state index >= 15 is 0 Å². The largest absolute Gasteiger partial charge is 0.377 e. The molecule has 0 aromatic carbocycles. The number of aromatic amines is 1. The van der Waals surface area contributed by atoms with E-state index in [0.29, 0.717) is 12.5 Å². The molecule has 1 aliphatic rings. The molecule has 0 bridgehead atoms. The van der Waals surface area contributed by atoms with Crippen LogP contribution in [0.1, 0.15) is 49.7 Å². The summed E-state index contributed by atoms with van der Waals surface area (Å²) in [4.78, 5) is 4.43. The summed E-state index contributed by atoms with van der Waals surface area (Å²) < 4.78 is 4.99. The number of nitrogens with one attached hydrogen (secondary N) is 1. The standard InChI is InChI=1S/C10H17N3O/c1-14-7-9-11-10(13-12-9)8-5-3-2-4-6-8/h8H,2-7H2,1H3,(H,11,12,13). The second-order valence-electron chi connectivity index (χ2n) is 3.91. The van der Waals surface area contributed by atoms with Gasteiger partial charge in [-0.1, -0.05) is 19.3 Å². The van der Waals surface area contributed by atoms with E-state index in [1.807, 2.05) is 0 Å². The molecule has 0 radical (unpaired) electrons. The minimum atomic E-state index is 0.528. The summed E-state index contributed by atoms with van der Waals surface area (Å²) >= 11 is 0. The smallest absolute Gasteiger partial charge is 0.153 e. The summed E-state index contributed by atoms with van der Waals surface area (Å²) in [6.45, 7) is 0.528. The molecule has 1 N–H and O–H groups in total. The van der Waals surface area contributed by atoms with Crippen molar-refractivity contribution in [2.75, 3.05) is 7.11 Å². The summed E-state index contributed by atoms with van der Waals surface area (Å²) in [7, 11) is 1.67. The maximum atomic E-state index is 4.99. The number of ether oxygens (including phenoxy) is 1. The number of methoxy groups -OCH3 is 1. The van der Waals surface area contributed by atoms with Crippen molar-refractivity contribution < 1.29 is 4.74 Å². The molecule has 0 amide bonds. The van der Waals surface area contributed by atoms with E-state index in [9.17, 15) is 0 Å². The van der Waals surface area contributed by atoms with Crippen LogP contribution in [0.25, 0.3) is 0 Å². The van der Waals surface area contributed by atoms with Crippen LogP contribution >= 0.6 is 0 Å². The van der Waals surface area contributed by atoms with Crippen molar-refractivity contribution in [2.45, 2.75) is 44.6 Å². The van der Waals surface area contributed by atoms with Gasteiger partial charge in [-0.25, -0.2) is 4.98 Å². The summed E-state index contributed by atoms with van der Waals surface area (Å²) in [5.41, 5.74) is 0. The molecule has 4 nitrogen and oxygen atoms in total. The van der Waals surface area contributed by atoms with Gasteiger partial charge in [0.15, 0.2) is 11.6 Å². The van der Waals surface area contributed by atoms with E-state index in [0.717, 1.165) is 11.6 Å². The summed E-state index contributed by atoms with van der Waals surface area (Å²) in [6, 6.07) is 0. The first-order valence-corrected chi connectivity index (χ1v) is 5.30. The fraction of sp³-hybridized carbons (Fsp3) is 0.800. The van der Waals surface area contributed by atoms with Crippen molar-refractivity contribution in [3.63, 3.8) is 0 Å². The fourth-order valence-electron chi connectivity index (χ4n) is 2.05. The topological polar surface area (TPSA) is 50.8 Å². The van der Waals surface area contributed by atoms with Crippen LogP contribution in [0, 0.1) is 0 Å². The molecule has 0 saturated heterocycles. The zero-order valence-corrected chi connectivity index (χ0v) is 8.62. The lowest BCUT2D eigenvalue weighted by Crippen LogP contribution is -2.06. The van der Waals surface area contributed by atoms with Crippen molar-refractivity contribution in [1.29, 1.82) is 0 Å². The van der Waals surface area contributed by atoms with E-state index in [1.165, 1.54) is 32.1 Å². The van der Waals surface area contributed by atoms with Gasteiger partial charge < -0.3 is 4.74 Å². The van der Waals surface area contributed by atoms with Crippen LogP contribution in [0.3, 0.4) is 0 Å². The Labute approximate surface area is 84.1 Å². The Bertz CT molecular complexity index is 279. The third-order valence-corrected chi connectivity index (χ3v) is 2.80. The second-order valence-corrected chi connectivity index (χ2v) is 3.91. The molecule has 1 saturated carbocycles. The Morgan fingerprint density at radius 3 is 2.86 bits per heavy atom. The molecule has 1 aromatic heterocycles. The van der Waals surface area contributed by atoms with Gasteiger partial charge in [0, 0.05) is 13.0 Å². The molecule has 2 rings (SSSR count).